The fourth-order valence-corrected chi connectivity index (χ4v) is 2.90. The second-order valence-electron chi connectivity index (χ2n) is 5.24. The molecule has 1 N–H and O–H groups in total. The molecule has 106 valence electrons. The topological polar surface area (TPSA) is 24.5 Å². The molecule has 0 aromatic carbocycles. The summed E-state index contributed by atoms with van der Waals surface area (Å²) in [7, 11) is 0. The van der Waals surface area contributed by atoms with Crippen LogP contribution in [0.25, 0.3) is 0 Å². The average Bonchev–Trinajstić information content (AvgIpc) is 2.69. The van der Waals surface area contributed by atoms with Gasteiger partial charge in [0.25, 0.3) is 0 Å². The quantitative estimate of drug-likeness (QED) is 0.766. The summed E-state index contributed by atoms with van der Waals surface area (Å²) in [5.41, 5.74) is 0. The molecular formula is C12H21F3N2O. The van der Waals surface area contributed by atoms with E-state index in [0.717, 1.165) is 32.1 Å². The largest absolute Gasteiger partial charge is 0.411 e. The first-order valence-corrected chi connectivity index (χ1v) is 6.65. The van der Waals surface area contributed by atoms with Crippen LogP contribution in [0.3, 0.4) is 0 Å². The number of halogens is 3. The Morgan fingerprint density at radius 3 is 2.83 bits per heavy atom. The lowest BCUT2D eigenvalue weighted by Crippen LogP contribution is -2.40. The molecule has 0 spiro atoms. The molecule has 0 aromatic rings. The van der Waals surface area contributed by atoms with Gasteiger partial charge in [-0.15, -0.1) is 0 Å². The summed E-state index contributed by atoms with van der Waals surface area (Å²) in [6.45, 7) is 3.12. The second-order valence-corrected chi connectivity index (χ2v) is 5.24. The minimum Gasteiger partial charge on any atom is -0.372 e. The van der Waals surface area contributed by atoms with Crippen LogP contribution in [-0.4, -0.2) is 56.5 Å². The van der Waals surface area contributed by atoms with Crippen LogP contribution in [-0.2, 0) is 4.74 Å². The number of piperidine rings is 1. The summed E-state index contributed by atoms with van der Waals surface area (Å²) >= 11 is 0. The van der Waals surface area contributed by atoms with E-state index in [0.29, 0.717) is 12.5 Å². The van der Waals surface area contributed by atoms with Gasteiger partial charge in [-0.05, 0) is 31.7 Å². The van der Waals surface area contributed by atoms with E-state index in [1.165, 1.54) is 12.8 Å². The Bertz CT molecular complexity index is 246. The van der Waals surface area contributed by atoms with Gasteiger partial charge >= 0.3 is 6.18 Å². The predicted molar refractivity (Wildman–Crippen MR) is 62.4 cm³/mol. The van der Waals surface area contributed by atoms with Gasteiger partial charge in [-0.3, -0.25) is 0 Å². The molecule has 2 aliphatic rings. The first kappa shape index (κ1) is 14.1. The second kappa shape index (κ2) is 6.21. The van der Waals surface area contributed by atoms with Crippen molar-refractivity contribution in [1.82, 2.24) is 10.2 Å². The molecule has 2 fully saturated rings. The molecule has 2 saturated heterocycles. The number of alkyl halides is 3. The maximum absolute atomic E-state index is 11.8. The summed E-state index contributed by atoms with van der Waals surface area (Å²) in [4.78, 5) is 2.34. The van der Waals surface area contributed by atoms with Gasteiger partial charge < -0.3 is 15.0 Å². The molecule has 0 radical (unpaired) electrons. The SMILES string of the molecule is FC(F)(F)COCCCN1CC2CCCNC2C1. The van der Waals surface area contributed by atoms with Crippen molar-refractivity contribution >= 4 is 0 Å². The molecular weight excluding hydrogens is 245 g/mol. The number of fused-ring (bicyclic) bond motifs is 1. The lowest BCUT2D eigenvalue weighted by molar-refractivity contribution is -0.174. The zero-order valence-electron chi connectivity index (χ0n) is 10.5. The molecule has 2 unspecified atom stereocenters. The highest BCUT2D eigenvalue weighted by Gasteiger charge is 2.33. The van der Waals surface area contributed by atoms with Crippen molar-refractivity contribution in [2.45, 2.75) is 31.5 Å². The fourth-order valence-electron chi connectivity index (χ4n) is 2.90. The van der Waals surface area contributed by atoms with Gasteiger partial charge in [0.05, 0.1) is 0 Å². The molecule has 0 bridgehead atoms. The van der Waals surface area contributed by atoms with E-state index in [1.807, 2.05) is 0 Å². The van der Waals surface area contributed by atoms with Crippen LogP contribution in [0, 0.1) is 5.92 Å². The molecule has 3 nitrogen and oxygen atoms in total. The predicted octanol–water partition coefficient (Wildman–Crippen LogP) is 1.64. The van der Waals surface area contributed by atoms with Gasteiger partial charge in [-0.2, -0.15) is 13.2 Å². The minimum absolute atomic E-state index is 0.193. The Kier molecular flexibility index (Phi) is 4.86. The van der Waals surface area contributed by atoms with Crippen LogP contribution in [0.5, 0.6) is 0 Å². The molecule has 0 aliphatic carbocycles. The summed E-state index contributed by atoms with van der Waals surface area (Å²) in [5, 5.41) is 3.51. The normalized spacial score (nSPS) is 29.5. The van der Waals surface area contributed by atoms with Crippen LogP contribution >= 0.6 is 0 Å². The zero-order valence-corrected chi connectivity index (χ0v) is 10.5. The number of ether oxygens (including phenoxy) is 1. The third-order valence-corrected chi connectivity index (χ3v) is 3.70. The summed E-state index contributed by atoms with van der Waals surface area (Å²) < 4.78 is 40.1. The highest BCUT2D eigenvalue weighted by molar-refractivity contribution is 4.91. The number of hydrogen-bond donors (Lipinski definition) is 1. The van der Waals surface area contributed by atoms with Crippen molar-refractivity contribution in [3.8, 4) is 0 Å². The molecule has 6 heteroatoms. The van der Waals surface area contributed by atoms with E-state index in [1.54, 1.807) is 0 Å². The van der Waals surface area contributed by atoms with Crippen molar-refractivity contribution < 1.29 is 17.9 Å². The number of nitrogens with one attached hydrogen (secondary N) is 1. The standard InChI is InChI=1S/C12H21F3N2O/c13-12(14,15)9-18-6-2-5-17-7-10-3-1-4-16-11(10)8-17/h10-11,16H,1-9H2. The monoisotopic (exact) mass is 266 g/mol. The Balaban J connectivity index is 1.55. The van der Waals surface area contributed by atoms with E-state index in [-0.39, 0.29) is 6.61 Å². The van der Waals surface area contributed by atoms with Crippen LogP contribution in [0.15, 0.2) is 0 Å². The first-order chi connectivity index (χ1) is 8.54. The van der Waals surface area contributed by atoms with E-state index in [2.05, 4.69) is 15.0 Å². The third-order valence-electron chi connectivity index (χ3n) is 3.70. The van der Waals surface area contributed by atoms with Gasteiger partial charge in [0, 0.05) is 32.3 Å². The van der Waals surface area contributed by atoms with Gasteiger partial charge in [0.15, 0.2) is 0 Å². The van der Waals surface area contributed by atoms with Gasteiger partial charge in [-0.25, -0.2) is 0 Å². The van der Waals surface area contributed by atoms with E-state index >= 15 is 0 Å². The fraction of sp³-hybridized carbons (Fsp3) is 1.00. The first-order valence-electron chi connectivity index (χ1n) is 6.65. The lowest BCUT2D eigenvalue weighted by Gasteiger charge is -2.24. The van der Waals surface area contributed by atoms with Crippen LogP contribution in [0.4, 0.5) is 13.2 Å². The van der Waals surface area contributed by atoms with E-state index < -0.39 is 12.8 Å². The molecule has 0 aromatic heterocycles. The van der Waals surface area contributed by atoms with Crippen molar-refractivity contribution in [2.75, 3.05) is 39.4 Å². The molecule has 0 saturated carbocycles. The van der Waals surface area contributed by atoms with Crippen LogP contribution in [0.2, 0.25) is 0 Å². The maximum atomic E-state index is 11.8. The van der Waals surface area contributed by atoms with Gasteiger partial charge in [0.1, 0.15) is 6.61 Å². The molecule has 0 amide bonds. The average molecular weight is 266 g/mol. The number of rotatable bonds is 5. The molecule has 2 atom stereocenters. The van der Waals surface area contributed by atoms with Crippen molar-refractivity contribution in [3.63, 3.8) is 0 Å². The summed E-state index contributed by atoms with van der Waals surface area (Å²) in [6.07, 6.45) is -1.01. The Morgan fingerprint density at radius 1 is 1.28 bits per heavy atom. The smallest absolute Gasteiger partial charge is 0.372 e. The minimum atomic E-state index is -4.20. The third kappa shape index (κ3) is 4.40. The number of hydrogen-bond acceptors (Lipinski definition) is 3. The molecule has 2 rings (SSSR count). The van der Waals surface area contributed by atoms with Crippen molar-refractivity contribution in [3.05, 3.63) is 0 Å². The lowest BCUT2D eigenvalue weighted by atomic mass is 9.94. The maximum Gasteiger partial charge on any atom is 0.411 e. The van der Waals surface area contributed by atoms with Crippen LogP contribution in [0.1, 0.15) is 19.3 Å². The molecule has 2 heterocycles. The molecule has 2 aliphatic heterocycles. The Labute approximate surface area is 106 Å². The van der Waals surface area contributed by atoms with E-state index in [4.69, 9.17) is 0 Å². The van der Waals surface area contributed by atoms with Crippen LogP contribution < -0.4 is 5.32 Å². The zero-order chi connectivity index (χ0) is 13.0. The van der Waals surface area contributed by atoms with E-state index in [9.17, 15) is 13.2 Å². The highest BCUT2D eigenvalue weighted by atomic mass is 19.4. The van der Waals surface area contributed by atoms with Crippen molar-refractivity contribution in [1.29, 1.82) is 0 Å². The summed E-state index contributed by atoms with van der Waals surface area (Å²) in [6, 6.07) is 0.592. The Morgan fingerprint density at radius 2 is 2.11 bits per heavy atom. The molecule has 18 heavy (non-hydrogen) atoms. The van der Waals surface area contributed by atoms with Gasteiger partial charge in [-0.1, -0.05) is 0 Å². The summed E-state index contributed by atoms with van der Waals surface area (Å²) in [5.74, 6) is 0.731. The highest BCUT2D eigenvalue weighted by Crippen LogP contribution is 2.24. The number of likely N-dealkylation sites (tertiary alicyclic amines) is 1. The van der Waals surface area contributed by atoms with Gasteiger partial charge in [0.2, 0.25) is 0 Å². The van der Waals surface area contributed by atoms with Crippen molar-refractivity contribution in [2.24, 2.45) is 5.92 Å². The number of nitrogens with zero attached hydrogens (tertiary/aromatic N) is 1. The Hall–Kier alpha value is -0.330.